The van der Waals surface area contributed by atoms with Crippen molar-refractivity contribution in [1.29, 1.82) is 0 Å². The number of fused-ring (bicyclic) bond motifs is 1. The largest absolute Gasteiger partial charge is 0.459 e. The molecule has 0 saturated heterocycles. The fraction of sp³-hybridized carbons (Fsp3) is 0.333. The minimum atomic E-state index is -0.231. The Morgan fingerprint density at radius 2 is 2.00 bits per heavy atom. The molecule has 1 aromatic carbocycles. The Kier molecular flexibility index (Phi) is 4.19. The first-order valence-corrected chi connectivity index (χ1v) is 7.85. The number of furan rings is 1. The molecule has 23 heavy (non-hydrogen) atoms. The molecule has 3 aromatic rings. The van der Waals surface area contributed by atoms with Gasteiger partial charge in [-0.3, -0.25) is 4.79 Å². The quantitative estimate of drug-likeness (QED) is 0.780. The van der Waals surface area contributed by atoms with E-state index < -0.39 is 0 Å². The Bertz CT molecular complexity index is 803. The maximum Gasteiger partial charge on any atom is 0.287 e. The van der Waals surface area contributed by atoms with Gasteiger partial charge in [-0.25, -0.2) is 4.98 Å². The third kappa shape index (κ3) is 3.13. The highest BCUT2D eigenvalue weighted by Gasteiger charge is 2.20. The van der Waals surface area contributed by atoms with Crippen molar-refractivity contribution in [2.24, 2.45) is 5.92 Å². The van der Waals surface area contributed by atoms with E-state index in [4.69, 9.17) is 9.40 Å². The van der Waals surface area contributed by atoms with Crippen LogP contribution in [0.2, 0.25) is 0 Å². The van der Waals surface area contributed by atoms with Gasteiger partial charge in [0.2, 0.25) is 0 Å². The van der Waals surface area contributed by atoms with Gasteiger partial charge in [-0.15, -0.1) is 0 Å². The van der Waals surface area contributed by atoms with Crippen molar-refractivity contribution in [2.75, 3.05) is 0 Å². The number of imidazole rings is 1. The topological polar surface area (TPSA) is 60.1 Å². The maximum atomic E-state index is 12.2. The van der Waals surface area contributed by atoms with Crippen molar-refractivity contribution in [3.63, 3.8) is 0 Å². The summed E-state index contributed by atoms with van der Waals surface area (Å²) in [4.78, 5) is 16.9. The zero-order chi connectivity index (χ0) is 16.4. The molecule has 1 atom stereocenters. The minimum Gasteiger partial charge on any atom is -0.459 e. The average molecular weight is 311 g/mol. The Labute approximate surface area is 135 Å². The van der Waals surface area contributed by atoms with Crippen LogP contribution in [0.25, 0.3) is 11.0 Å². The van der Waals surface area contributed by atoms with Gasteiger partial charge in [0, 0.05) is 6.54 Å². The number of nitrogens with one attached hydrogen (secondary N) is 1. The van der Waals surface area contributed by atoms with Crippen molar-refractivity contribution < 1.29 is 9.21 Å². The van der Waals surface area contributed by atoms with Gasteiger partial charge >= 0.3 is 0 Å². The maximum absolute atomic E-state index is 12.2. The van der Waals surface area contributed by atoms with E-state index in [0.717, 1.165) is 23.4 Å². The van der Waals surface area contributed by atoms with Crippen molar-refractivity contribution in [2.45, 2.75) is 33.4 Å². The van der Waals surface area contributed by atoms with Gasteiger partial charge in [0.05, 0.1) is 23.3 Å². The SMILES string of the molecule is CC(C)Cn1c([C@H](C)NC(=O)c2ccco2)nc2ccccc21. The van der Waals surface area contributed by atoms with Gasteiger partial charge in [-0.2, -0.15) is 0 Å². The van der Waals surface area contributed by atoms with E-state index in [1.165, 1.54) is 6.26 Å². The Morgan fingerprint density at radius 3 is 2.70 bits per heavy atom. The summed E-state index contributed by atoms with van der Waals surface area (Å²) in [6, 6.07) is 11.2. The monoisotopic (exact) mass is 311 g/mol. The van der Waals surface area contributed by atoms with Crippen LogP contribution in [-0.4, -0.2) is 15.5 Å². The summed E-state index contributed by atoms with van der Waals surface area (Å²) in [5.74, 6) is 1.42. The number of nitrogens with zero attached hydrogens (tertiary/aromatic N) is 2. The van der Waals surface area contributed by atoms with E-state index in [-0.39, 0.29) is 11.9 Å². The number of benzene rings is 1. The van der Waals surface area contributed by atoms with Gasteiger partial charge in [-0.05, 0) is 37.1 Å². The molecule has 0 spiro atoms. The first kappa shape index (κ1) is 15.3. The van der Waals surface area contributed by atoms with Crippen LogP contribution >= 0.6 is 0 Å². The molecular weight excluding hydrogens is 290 g/mol. The van der Waals surface area contributed by atoms with Gasteiger partial charge in [0.25, 0.3) is 5.91 Å². The van der Waals surface area contributed by atoms with Crippen LogP contribution in [0.3, 0.4) is 0 Å². The smallest absolute Gasteiger partial charge is 0.287 e. The molecule has 0 aliphatic heterocycles. The van der Waals surface area contributed by atoms with Crippen LogP contribution < -0.4 is 5.32 Å². The van der Waals surface area contributed by atoms with Gasteiger partial charge in [0.1, 0.15) is 5.82 Å². The average Bonchev–Trinajstić information content (AvgIpc) is 3.15. The molecule has 120 valence electrons. The molecule has 5 heteroatoms. The minimum absolute atomic E-state index is 0.209. The highest BCUT2D eigenvalue weighted by atomic mass is 16.3. The molecule has 0 aliphatic rings. The molecule has 0 bridgehead atoms. The van der Waals surface area contributed by atoms with Gasteiger partial charge in [-0.1, -0.05) is 26.0 Å². The van der Waals surface area contributed by atoms with Crippen LogP contribution in [0, 0.1) is 5.92 Å². The second-order valence-corrected chi connectivity index (χ2v) is 6.14. The fourth-order valence-electron chi connectivity index (χ4n) is 2.72. The standard InChI is InChI=1S/C18H21N3O2/c1-12(2)11-21-15-8-5-4-7-14(15)20-17(21)13(3)19-18(22)16-9-6-10-23-16/h4-10,12-13H,11H2,1-3H3,(H,19,22)/t13-/m0/s1. The number of rotatable bonds is 5. The number of amides is 1. The van der Waals surface area contributed by atoms with Crippen molar-refractivity contribution in [3.05, 3.63) is 54.2 Å². The lowest BCUT2D eigenvalue weighted by Gasteiger charge is -2.17. The van der Waals surface area contributed by atoms with E-state index in [9.17, 15) is 4.79 Å². The third-order valence-electron chi connectivity index (χ3n) is 3.71. The predicted molar refractivity (Wildman–Crippen MR) is 89.2 cm³/mol. The summed E-state index contributed by atoms with van der Waals surface area (Å²) in [5, 5.41) is 2.96. The van der Waals surface area contributed by atoms with E-state index >= 15 is 0 Å². The van der Waals surface area contributed by atoms with Crippen LogP contribution in [0.1, 0.15) is 43.2 Å². The molecule has 0 radical (unpaired) electrons. The van der Waals surface area contributed by atoms with E-state index in [2.05, 4.69) is 29.8 Å². The van der Waals surface area contributed by atoms with Crippen molar-refractivity contribution >= 4 is 16.9 Å². The molecule has 1 amide bonds. The van der Waals surface area contributed by atoms with Crippen LogP contribution in [0.5, 0.6) is 0 Å². The summed E-state index contributed by atoms with van der Waals surface area (Å²) in [7, 11) is 0. The molecule has 0 fully saturated rings. The Hall–Kier alpha value is -2.56. The first-order chi connectivity index (χ1) is 11.1. The molecule has 5 nitrogen and oxygen atoms in total. The zero-order valence-electron chi connectivity index (χ0n) is 13.6. The number of para-hydroxylation sites is 2. The molecule has 3 rings (SSSR count). The van der Waals surface area contributed by atoms with Crippen molar-refractivity contribution in [1.82, 2.24) is 14.9 Å². The zero-order valence-corrected chi connectivity index (χ0v) is 13.6. The summed E-state index contributed by atoms with van der Waals surface area (Å²) >= 11 is 0. The summed E-state index contributed by atoms with van der Waals surface area (Å²) in [5.41, 5.74) is 2.04. The Morgan fingerprint density at radius 1 is 1.22 bits per heavy atom. The van der Waals surface area contributed by atoms with Crippen LogP contribution in [-0.2, 0) is 6.54 Å². The first-order valence-electron chi connectivity index (χ1n) is 7.85. The van der Waals surface area contributed by atoms with E-state index in [1.807, 2.05) is 25.1 Å². The van der Waals surface area contributed by atoms with Crippen molar-refractivity contribution in [3.8, 4) is 0 Å². The lowest BCUT2D eigenvalue weighted by Crippen LogP contribution is -2.28. The number of hydrogen-bond donors (Lipinski definition) is 1. The molecule has 1 N–H and O–H groups in total. The number of carbonyl (C=O) groups excluding carboxylic acids is 1. The van der Waals surface area contributed by atoms with Crippen LogP contribution in [0.4, 0.5) is 0 Å². The Balaban J connectivity index is 1.92. The lowest BCUT2D eigenvalue weighted by molar-refractivity contribution is 0.0909. The second-order valence-electron chi connectivity index (χ2n) is 6.14. The third-order valence-corrected chi connectivity index (χ3v) is 3.71. The molecule has 0 aliphatic carbocycles. The molecule has 0 saturated carbocycles. The summed E-state index contributed by atoms with van der Waals surface area (Å²) in [6.45, 7) is 7.14. The van der Waals surface area contributed by atoms with Gasteiger partial charge < -0.3 is 14.3 Å². The fourth-order valence-corrected chi connectivity index (χ4v) is 2.72. The molecular formula is C18H21N3O2. The number of hydrogen-bond acceptors (Lipinski definition) is 3. The van der Waals surface area contributed by atoms with Gasteiger partial charge in [0.15, 0.2) is 5.76 Å². The predicted octanol–water partition coefficient (Wildman–Crippen LogP) is 3.78. The highest BCUT2D eigenvalue weighted by Crippen LogP contribution is 2.22. The summed E-state index contributed by atoms with van der Waals surface area (Å²) < 4.78 is 7.33. The second kappa shape index (κ2) is 6.28. The molecule has 2 aromatic heterocycles. The number of aromatic nitrogens is 2. The normalized spacial score (nSPS) is 12.7. The van der Waals surface area contributed by atoms with Crippen LogP contribution in [0.15, 0.2) is 47.1 Å². The lowest BCUT2D eigenvalue weighted by atomic mass is 10.2. The highest BCUT2D eigenvalue weighted by molar-refractivity contribution is 5.91. The summed E-state index contributed by atoms with van der Waals surface area (Å²) in [6.07, 6.45) is 1.49. The molecule has 2 heterocycles. The van der Waals surface area contributed by atoms with E-state index in [1.54, 1.807) is 12.1 Å². The number of carbonyl (C=O) groups is 1. The molecule has 0 unspecified atom stereocenters. The van der Waals surface area contributed by atoms with E-state index in [0.29, 0.717) is 11.7 Å².